The predicted molar refractivity (Wildman–Crippen MR) is 59.6 cm³/mol. The minimum atomic E-state index is -1.02. The molecule has 0 saturated heterocycles. The van der Waals surface area contributed by atoms with Crippen molar-refractivity contribution >= 4 is 5.69 Å². The maximum Gasteiger partial charge on any atom is 0.260 e. The van der Waals surface area contributed by atoms with Gasteiger partial charge in [0.15, 0.2) is 17.5 Å². The Morgan fingerprint density at radius 3 is 2.78 bits per heavy atom. The maximum atomic E-state index is 13.1. The second-order valence-electron chi connectivity index (χ2n) is 3.61. The lowest BCUT2D eigenvalue weighted by molar-refractivity contribution is 0.199. The van der Waals surface area contributed by atoms with Gasteiger partial charge in [0.2, 0.25) is 0 Å². The number of anilines is 1. The highest BCUT2D eigenvalue weighted by Gasteiger charge is 2.15. The van der Waals surface area contributed by atoms with Crippen LogP contribution in [0.2, 0.25) is 0 Å². The Bertz CT molecular complexity index is 557. The molecule has 2 N–H and O–H groups in total. The molecule has 0 fully saturated rings. The molecule has 0 saturated carbocycles. The van der Waals surface area contributed by atoms with Gasteiger partial charge in [-0.15, -0.1) is 0 Å². The van der Waals surface area contributed by atoms with Gasteiger partial charge in [-0.2, -0.15) is 4.98 Å². The van der Waals surface area contributed by atoms with Crippen molar-refractivity contribution in [2.24, 2.45) is 0 Å². The SMILES string of the molecule is COCCc1noc(-c2cc(F)c(F)cc2N)n1. The number of methoxy groups -OCH3 is 1. The molecule has 0 amide bonds. The standard InChI is InChI=1S/C11H11F2N3O2/c1-17-3-2-10-15-11(18-16-10)6-4-7(12)8(13)5-9(6)14/h4-5H,2-3,14H2,1H3. The van der Waals surface area contributed by atoms with E-state index in [-0.39, 0.29) is 17.1 Å². The van der Waals surface area contributed by atoms with E-state index in [1.165, 1.54) is 0 Å². The molecule has 0 radical (unpaired) electrons. The lowest BCUT2D eigenvalue weighted by atomic mass is 10.1. The lowest BCUT2D eigenvalue weighted by Gasteiger charge is -2.01. The molecule has 2 rings (SSSR count). The summed E-state index contributed by atoms with van der Waals surface area (Å²) in [5.74, 6) is -1.57. The monoisotopic (exact) mass is 255 g/mol. The number of hydrogen-bond acceptors (Lipinski definition) is 5. The first kappa shape index (κ1) is 12.4. The van der Waals surface area contributed by atoms with Crippen molar-refractivity contribution in [1.82, 2.24) is 10.1 Å². The quantitative estimate of drug-likeness (QED) is 0.843. The highest BCUT2D eigenvalue weighted by atomic mass is 19.2. The number of aromatic nitrogens is 2. The van der Waals surface area contributed by atoms with E-state index in [0.717, 1.165) is 12.1 Å². The van der Waals surface area contributed by atoms with E-state index in [2.05, 4.69) is 10.1 Å². The van der Waals surface area contributed by atoms with Crippen LogP contribution in [0, 0.1) is 11.6 Å². The van der Waals surface area contributed by atoms with Crippen molar-refractivity contribution < 1.29 is 18.0 Å². The summed E-state index contributed by atoms with van der Waals surface area (Å²) in [5.41, 5.74) is 5.78. The third kappa shape index (κ3) is 2.45. The summed E-state index contributed by atoms with van der Waals surface area (Å²) >= 11 is 0. The van der Waals surface area contributed by atoms with Crippen LogP contribution in [0.4, 0.5) is 14.5 Å². The molecule has 0 aliphatic rings. The molecule has 7 heteroatoms. The zero-order chi connectivity index (χ0) is 13.1. The number of benzene rings is 1. The summed E-state index contributed by atoms with van der Waals surface area (Å²) in [7, 11) is 1.55. The van der Waals surface area contributed by atoms with E-state index < -0.39 is 11.6 Å². The lowest BCUT2D eigenvalue weighted by Crippen LogP contribution is -1.97. The number of rotatable bonds is 4. The molecular weight excluding hydrogens is 244 g/mol. The molecule has 0 aliphatic heterocycles. The second kappa shape index (κ2) is 5.09. The fourth-order valence-electron chi connectivity index (χ4n) is 1.41. The Morgan fingerprint density at radius 1 is 1.33 bits per heavy atom. The molecule has 0 bridgehead atoms. The second-order valence-corrected chi connectivity index (χ2v) is 3.61. The van der Waals surface area contributed by atoms with Crippen LogP contribution in [0.5, 0.6) is 0 Å². The molecule has 1 heterocycles. The molecule has 2 aromatic rings. The first-order chi connectivity index (χ1) is 8.61. The van der Waals surface area contributed by atoms with Crippen molar-refractivity contribution in [3.8, 4) is 11.5 Å². The van der Waals surface area contributed by atoms with Crippen molar-refractivity contribution in [3.63, 3.8) is 0 Å². The summed E-state index contributed by atoms with van der Waals surface area (Å²) in [6.45, 7) is 0.437. The predicted octanol–water partition coefficient (Wildman–Crippen LogP) is 1.79. The van der Waals surface area contributed by atoms with Gasteiger partial charge in [0.05, 0.1) is 12.2 Å². The Kier molecular flexibility index (Phi) is 3.52. The number of halogens is 2. The fourth-order valence-corrected chi connectivity index (χ4v) is 1.41. The molecular formula is C11H11F2N3O2. The number of hydrogen-bond donors (Lipinski definition) is 1. The van der Waals surface area contributed by atoms with E-state index in [1.54, 1.807) is 7.11 Å². The summed E-state index contributed by atoms with van der Waals surface area (Å²) < 4.78 is 35.8. The van der Waals surface area contributed by atoms with E-state index in [0.29, 0.717) is 18.9 Å². The van der Waals surface area contributed by atoms with Gasteiger partial charge in [-0.25, -0.2) is 8.78 Å². The van der Waals surface area contributed by atoms with Gasteiger partial charge >= 0.3 is 0 Å². The van der Waals surface area contributed by atoms with Gasteiger partial charge in [0.25, 0.3) is 5.89 Å². The smallest absolute Gasteiger partial charge is 0.260 e. The van der Waals surface area contributed by atoms with Gasteiger partial charge in [-0.05, 0) is 6.07 Å². The average Bonchev–Trinajstić information content (AvgIpc) is 2.79. The molecule has 96 valence electrons. The molecule has 0 spiro atoms. The van der Waals surface area contributed by atoms with Gasteiger partial charge < -0.3 is 15.0 Å². The van der Waals surface area contributed by atoms with Crippen LogP contribution in [-0.2, 0) is 11.2 Å². The van der Waals surface area contributed by atoms with Crippen LogP contribution in [0.25, 0.3) is 11.5 Å². The Morgan fingerprint density at radius 2 is 2.06 bits per heavy atom. The molecule has 0 unspecified atom stereocenters. The van der Waals surface area contributed by atoms with Crippen molar-refractivity contribution in [1.29, 1.82) is 0 Å². The van der Waals surface area contributed by atoms with Gasteiger partial charge in [-0.1, -0.05) is 5.16 Å². The number of ether oxygens (including phenoxy) is 1. The van der Waals surface area contributed by atoms with E-state index in [9.17, 15) is 8.78 Å². The van der Waals surface area contributed by atoms with Crippen molar-refractivity contribution in [2.45, 2.75) is 6.42 Å². The van der Waals surface area contributed by atoms with Crippen LogP contribution in [0.1, 0.15) is 5.82 Å². The molecule has 1 aromatic heterocycles. The molecule has 0 atom stereocenters. The summed E-state index contributed by atoms with van der Waals surface area (Å²) in [4.78, 5) is 4.02. The highest BCUT2D eigenvalue weighted by Crippen LogP contribution is 2.26. The summed E-state index contributed by atoms with van der Waals surface area (Å²) in [5, 5.41) is 3.69. The molecule has 5 nitrogen and oxygen atoms in total. The third-order valence-electron chi connectivity index (χ3n) is 2.32. The zero-order valence-electron chi connectivity index (χ0n) is 9.61. The topological polar surface area (TPSA) is 74.2 Å². The minimum absolute atomic E-state index is 0.0378. The van der Waals surface area contributed by atoms with E-state index >= 15 is 0 Å². The van der Waals surface area contributed by atoms with E-state index in [4.69, 9.17) is 15.0 Å². The maximum absolute atomic E-state index is 13.1. The zero-order valence-corrected chi connectivity index (χ0v) is 9.61. The first-order valence-corrected chi connectivity index (χ1v) is 5.18. The summed E-state index contributed by atoms with van der Waals surface area (Å²) in [6.07, 6.45) is 0.462. The Balaban J connectivity index is 2.31. The molecule has 0 aliphatic carbocycles. The Hall–Kier alpha value is -2.02. The number of nitrogens with two attached hydrogens (primary N) is 1. The minimum Gasteiger partial charge on any atom is -0.398 e. The number of nitrogen functional groups attached to an aromatic ring is 1. The average molecular weight is 255 g/mol. The third-order valence-corrected chi connectivity index (χ3v) is 2.32. The van der Waals surface area contributed by atoms with Gasteiger partial charge in [0.1, 0.15) is 0 Å². The van der Waals surface area contributed by atoms with Crippen LogP contribution in [-0.4, -0.2) is 23.9 Å². The normalized spacial score (nSPS) is 10.8. The van der Waals surface area contributed by atoms with Gasteiger partial charge in [0, 0.05) is 25.3 Å². The largest absolute Gasteiger partial charge is 0.398 e. The molecule has 1 aromatic carbocycles. The van der Waals surface area contributed by atoms with Crippen molar-refractivity contribution in [2.75, 3.05) is 19.5 Å². The van der Waals surface area contributed by atoms with Crippen LogP contribution >= 0.6 is 0 Å². The van der Waals surface area contributed by atoms with E-state index in [1.807, 2.05) is 0 Å². The highest BCUT2D eigenvalue weighted by molar-refractivity contribution is 5.70. The van der Waals surface area contributed by atoms with Crippen LogP contribution in [0.3, 0.4) is 0 Å². The van der Waals surface area contributed by atoms with Crippen LogP contribution < -0.4 is 5.73 Å². The fraction of sp³-hybridized carbons (Fsp3) is 0.273. The summed E-state index contributed by atoms with van der Waals surface area (Å²) in [6, 6.07) is 1.81. The number of nitrogens with zero attached hydrogens (tertiary/aromatic N) is 2. The van der Waals surface area contributed by atoms with Crippen molar-refractivity contribution in [3.05, 3.63) is 29.6 Å². The van der Waals surface area contributed by atoms with Gasteiger partial charge in [-0.3, -0.25) is 0 Å². The first-order valence-electron chi connectivity index (χ1n) is 5.18. The van der Waals surface area contributed by atoms with Crippen LogP contribution in [0.15, 0.2) is 16.7 Å². The molecule has 18 heavy (non-hydrogen) atoms. The Labute approximate surface area is 102 Å².